The zero-order valence-electron chi connectivity index (χ0n) is 5.52. The van der Waals surface area contributed by atoms with Gasteiger partial charge in [-0.05, 0) is 12.2 Å². The molecule has 0 radical (unpaired) electrons. The molecule has 0 aromatic carbocycles. The van der Waals surface area contributed by atoms with Crippen molar-refractivity contribution in [2.24, 2.45) is 5.73 Å². The van der Waals surface area contributed by atoms with Gasteiger partial charge in [-0.25, -0.2) is 9.78 Å². The number of hydrogen-bond donors (Lipinski definition) is 2. The molecule has 11 heavy (non-hydrogen) atoms. The third-order valence-electron chi connectivity index (χ3n) is 0.969. The van der Waals surface area contributed by atoms with Crippen molar-refractivity contribution in [1.29, 1.82) is 0 Å². The second kappa shape index (κ2) is 3.11. The first-order valence-electron chi connectivity index (χ1n) is 2.79. The van der Waals surface area contributed by atoms with E-state index in [-0.39, 0.29) is 5.11 Å². The molecule has 1 amide bonds. The Morgan fingerprint density at radius 1 is 1.73 bits per heavy atom. The molecule has 0 atom stereocenters. The molecule has 0 bridgehead atoms. The van der Waals surface area contributed by atoms with Gasteiger partial charge in [-0.15, -0.1) is 0 Å². The second-order valence-corrected chi connectivity index (χ2v) is 2.20. The maximum absolute atomic E-state index is 11.0. The molecule has 0 spiro atoms. The topological polar surface area (TPSA) is 72.9 Å². The van der Waals surface area contributed by atoms with Crippen molar-refractivity contribution in [3.8, 4) is 0 Å². The number of hydrogen-bond acceptors (Lipinski definition) is 3. The molecule has 0 aliphatic heterocycles. The highest BCUT2D eigenvalue weighted by Gasteiger charge is 2.01. The van der Waals surface area contributed by atoms with E-state index in [0.29, 0.717) is 0 Å². The van der Waals surface area contributed by atoms with Gasteiger partial charge in [0.2, 0.25) is 0 Å². The number of amides is 1. The molecular weight excluding hydrogens is 164 g/mol. The number of nitrogens with two attached hydrogens (primary N) is 1. The lowest BCUT2D eigenvalue weighted by atomic mass is 10.8. The first-order chi connectivity index (χ1) is 5.20. The van der Waals surface area contributed by atoms with Crippen LogP contribution in [0.15, 0.2) is 18.7 Å². The number of rotatable bonds is 0. The summed E-state index contributed by atoms with van der Waals surface area (Å²) in [5, 5.41) is 2.19. The lowest BCUT2D eigenvalue weighted by Crippen LogP contribution is -2.37. The molecule has 0 fully saturated rings. The van der Waals surface area contributed by atoms with Crippen molar-refractivity contribution in [1.82, 2.24) is 14.9 Å². The highest BCUT2D eigenvalue weighted by atomic mass is 32.1. The molecule has 1 aromatic heterocycles. The minimum absolute atomic E-state index is 0.0521. The summed E-state index contributed by atoms with van der Waals surface area (Å²) in [5.41, 5.74) is 5.07. The summed E-state index contributed by atoms with van der Waals surface area (Å²) in [6.45, 7) is 0. The molecule has 58 valence electrons. The van der Waals surface area contributed by atoms with Gasteiger partial charge in [0, 0.05) is 12.4 Å². The molecule has 0 saturated heterocycles. The Bertz CT molecular complexity index is 268. The maximum atomic E-state index is 11.0. The Morgan fingerprint density at radius 2 is 2.45 bits per heavy atom. The summed E-state index contributed by atoms with van der Waals surface area (Å²) in [7, 11) is 0. The lowest BCUT2D eigenvalue weighted by molar-refractivity contribution is 0.247. The normalized spacial score (nSPS) is 9.09. The Kier molecular flexibility index (Phi) is 2.17. The van der Waals surface area contributed by atoms with Crippen molar-refractivity contribution in [3.63, 3.8) is 0 Å². The van der Waals surface area contributed by atoms with Crippen LogP contribution < -0.4 is 11.1 Å². The van der Waals surface area contributed by atoms with E-state index >= 15 is 0 Å². The number of carbonyl (C=O) groups excluding carboxylic acids is 1. The minimum atomic E-state index is -0.407. The van der Waals surface area contributed by atoms with Crippen LogP contribution in [-0.4, -0.2) is 20.7 Å². The average molecular weight is 170 g/mol. The summed E-state index contributed by atoms with van der Waals surface area (Å²) in [4.78, 5) is 14.6. The molecule has 1 aromatic rings. The van der Waals surface area contributed by atoms with E-state index in [9.17, 15) is 4.79 Å². The molecule has 0 unspecified atom stereocenters. The standard InChI is InChI=1S/C5H6N4OS/c6-4(11)8-5(10)9-2-1-7-3-9/h1-3H,(H3,6,8,10,11). The van der Waals surface area contributed by atoms with Crippen molar-refractivity contribution >= 4 is 23.4 Å². The summed E-state index contributed by atoms with van der Waals surface area (Å²) >= 11 is 4.46. The fourth-order valence-electron chi connectivity index (χ4n) is 0.549. The minimum Gasteiger partial charge on any atom is -0.376 e. The number of carbonyl (C=O) groups is 1. The Morgan fingerprint density at radius 3 is 2.91 bits per heavy atom. The van der Waals surface area contributed by atoms with Gasteiger partial charge < -0.3 is 5.73 Å². The third-order valence-corrected chi connectivity index (χ3v) is 1.07. The highest BCUT2D eigenvalue weighted by Crippen LogP contribution is 1.83. The fourth-order valence-corrected chi connectivity index (χ4v) is 0.637. The molecule has 0 aliphatic rings. The molecule has 3 N–H and O–H groups in total. The van der Waals surface area contributed by atoms with E-state index < -0.39 is 6.03 Å². The summed E-state index contributed by atoms with van der Waals surface area (Å²) in [5.74, 6) is 0. The van der Waals surface area contributed by atoms with E-state index in [1.165, 1.54) is 23.3 Å². The van der Waals surface area contributed by atoms with Crippen LogP contribution in [0.1, 0.15) is 0 Å². The fraction of sp³-hybridized carbons (Fsp3) is 0. The maximum Gasteiger partial charge on any atom is 0.332 e. The van der Waals surface area contributed by atoms with Crippen LogP contribution in [0.2, 0.25) is 0 Å². The van der Waals surface area contributed by atoms with Gasteiger partial charge >= 0.3 is 6.03 Å². The van der Waals surface area contributed by atoms with Gasteiger partial charge in [-0.1, -0.05) is 0 Å². The summed E-state index contributed by atoms with van der Waals surface area (Å²) < 4.78 is 1.24. The smallest absolute Gasteiger partial charge is 0.332 e. The number of nitrogens with zero attached hydrogens (tertiary/aromatic N) is 2. The van der Waals surface area contributed by atoms with Gasteiger partial charge in [0.25, 0.3) is 0 Å². The largest absolute Gasteiger partial charge is 0.376 e. The zero-order valence-corrected chi connectivity index (χ0v) is 6.34. The first-order valence-corrected chi connectivity index (χ1v) is 3.19. The number of aromatic nitrogens is 2. The molecule has 0 saturated carbocycles. The van der Waals surface area contributed by atoms with Gasteiger partial charge in [0.1, 0.15) is 6.33 Å². The van der Waals surface area contributed by atoms with Crippen LogP contribution in [-0.2, 0) is 0 Å². The summed E-state index contributed by atoms with van der Waals surface area (Å²) in [6, 6.07) is -0.407. The van der Waals surface area contributed by atoms with Crippen molar-refractivity contribution in [2.45, 2.75) is 0 Å². The van der Waals surface area contributed by atoms with Crippen LogP contribution >= 0.6 is 12.2 Å². The molecule has 1 heterocycles. The van der Waals surface area contributed by atoms with Crippen molar-refractivity contribution < 1.29 is 4.79 Å². The number of thiocarbonyl (C=S) groups is 1. The Balaban J connectivity index is 2.64. The van der Waals surface area contributed by atoms with E-state index in [1.807, 2.05) is 0 Å². The summed E-state index contributed by atoms with van der Waals surface area (Å²) in [6.07, 6.45) is 4.33. The SMILES string of the molecule is NC(=S)NC(=O)n1ccnc1. The monoisotopic (exact) mass is 170 g/mol. The molecule has 5 nitrogen and oxygen atoms in total. The van der Waals surface area contributed by atoms with Gasteiger partial charge in [0.05, 0.1) is 0 Å². The van der Waals surface area contributed by atoms with Crippen LogP contribution in [0.4, 0.5) is 4.79 Å². The van der Waals surface area contributed by atoms with Gasteiger partial charge in [-0.3, -0.25) is 9.88 Å². The van der Waals surface area contributed by atoms with E-state index in [0.717, 1.165) is 0 Å². The predicted octanol–water partition coefficient (Wildman–Crippen LogP) is -0.316. The molecule has 6 heteroatoms. The third kappa shape index (κ3) is 2.01. The van der Waals surface area contributed by atoms with Crippen molar-refractivity contribution in [2.75, 3.05) is 0 Å². The van der Waals surface area contributed by atoms with E-state index in [4.69, 9.17) is 5.73 Å². The molecule has 0 aliphatic carbocycles. The van der Waals surface area contributed by atoms with Crippen LogP contribution in [0.5, 0.6) is 0 Å². The van der Waals surface area contributed by atoms with Crippen LogP contribution in [0.25, 0.3) is 0 Å². The number of nitrogens with one attached hydrogen (secondary N) is 1. The van der Waals surface area contributed by atoms with Crippen molar-refractivity contribution in [3.05, 3.63) is 18.7 Å². The predicted molar refractivity (Wildman–Crippen MR) is 42.9 cm³/mol. The average Bonchev–Trinajstić information content (AvgIpc) is 2.35. The van der Waals surface area contributed by atoms with Crippen LogP contribution in [0.3, 0.4) is 0 Å². The number of imidazole rings is 1. The Labute approximate surface area is 68.2 Å². The van der Waals surface area contributed by atoms with Crippen LogP contribution in [0, 0.1) is 0 Å². The van der Waals surface area contributed by atoms with Gasteiger partial charge in [0.15, 0.2) is 5.11 Å². The van der Waals surface area contributed by atoms with Gasteiger partial charge in [-0.2, -0.15) is 0 Å². The highest BCUT2D eigenvalue weighted by molar-refractivity contribution is 7.80. The van der Waals surface area contributed by atoms with E-state index in [1.54, 1.807) is 0 Å². The quantitative estimate of drug-likeness (QED) is 0.523. The molecular formula is C5H6N4OS. The first kappa shape index (κ1) is 7.67. The van der Waals surface area contributed by atoms with E-state index in [2.05, 4.69) is 22.5 Å². The molecule has 1 rings (SSSR count). The lowest BCUT2D eigenvalue weighted by Gasteiger charge is -2.00. The Hall–Kier alpha value is -1.43. The zero-order chi connectivity index (χ0) is 8.27. The second-order valence-electron chi connectivity index (χ2n) is 1.76.